The minimum Gasteiger partial charge on any atom is -0.465 e. The summed E-state index contributed by atoms with van der Waals surface area (Å²) in [6, 6.07) is 0. The van der Waals surface area contributed by atoms with Crippen molar-refractivity contribution in [2.24, 2.45) is 0 Å². The molecule has 0 spiro atoms. The maximum Gasteiger partial charge on any atom is 0.319 e. The second-order valence-corrected chi connectivity index (χ2v) is 5.52. The van der Waals surface area contributed by atoms with Gasteiger partial charge in [0.15, 0.2) is 0 Å². The van der Waals surface area contributed by atoms with Crippen molar-refractivity contribution >= 4 is 17.7 Å². The Balaban J connectivity index is 2.46. The molecule has 0 radical (unpaired) electrons. The molecule has 0 aromatic heterocycles. The molecule has 0 aliphatic carbocycles. The lowest BCUT2D eigenvalue weighted by Crippen LogP contribution is -2.25. The van der Waals surface area contributed by atoms with E-state index in [0.717, 1.165) is 25.9 Å². The van der Waals surface area contributed by atoms with E-state index in [1.165, 1.54) is 0 Å². The fourth-order valence-corrected chi connectivity index (χ4v) is 3.35. The number of esters is 1. The molecule has 1 aliphatic heterocycles. The summed E-state index contributed by atoms with van der Waals surface area (Å²) in [5.74, 6) is -0.0616. The minimum atomic E-state index is -0.0616. The van der Waals surface area contributed by atoms with Gasteiger partial charge in [0.25, 0.3) is 0 Å². The van der Waals surface area contributed by atoms with Gasteiger partial charge in [-0.2, -0.15) is 0 Å². The Morgan fingerprint density at radius 1 is 1.56 bits per heavy atom. The van der Waals surface area contributed by atoms with Crippen LogP contribution in [0.1, 0.15) is 40.0 Å². The van der Waals surface area contributed by atoms with Crippen molar-refractivity contribution in [2.75, 3.05) is 13.2 Å². The Hall–Kier alpha value is -0.220. The SMILES string of the molecule is CCCC(SC1CCOC1C)C(=O)OCC. The minimum absolute atomic E-state index is 0.0147. The fraction of sp³-hybridized carbons (Fsp3) is 0.917. The highest BCUT2D eigenvalue weighted by Gasteiger charge is 2.30. The molecule has 3 atom stereocenters. The summed E-state index contributed by atoms with van der Waals surface area (Å²) < 4.78 is 10.6. The number of rotatable bonds is 6. The molecule has 3 nitrogen and oxygen atoms in total. The molecule has 0 bridgehead atoms. The molecule has 0 aromatic carbocycles. The summed E-state index contributed by atoms with van der Waals surface area (Å²) in [5.41, 5.74) is 0. The van der Waals surface area contributed by atoms with Crippen LogP contribution in [0.5, 0.6) is 0 Å². The molecule has 1 rings (SSSR count). The van der Waals surface area contributed by atoms with Crippen molar-refractivity contribution in [3.63, 3.8) is 0 Å². The van der Waals surface area contributed by atoms with Gasteiger partial charge in [0, 0.05) is 11.9 Å². The lowest BCUT2D eigenvalue weighted by Gasteiger charge is -2.20. The van der Waals surface area contributed by atoms with Crippen LogP contribution in [0.15, 0.2) is 0 Å². The molecular formula is C12H22O3S. The Labute approximate surface area is 102 Å². The van der Waals surface area contributed by atoms with Crippen molar-refractivity contribution in [3.8, 4) is 0 Å². The largest absolute Gasteiger partial charge is 0.465 e. The molecule has 16 heavy (non-hydrogen) atoms. The molecule has 0 aromatic rings. The number of thioether (sulfide) groups is 1. The van der Waals surface area contributed by atoms with Crippen molar-refractivity contribution in [2.45, 2.75) is 56.6 Å². The first-order chi connectivity index (χ1) is 7.69. The zero-order valence-corrected chi connectivity index (χ0v) is 11.2. The zero-order valence-electron chi connectivity index (χ0n) is 10.4. The molecule has 0 saturated carbocycles. The van der Waals surface area contributed by atoms with E-state index in [1.807, 2.05) is 6.92 Å². The van der Waals surface area contributed by atoms with E-state index in [4.69, 9.17) is 9.47 Å². The first kappa shape index (κ1) is 13.8. The molecule has 0 amide bonds. The average Bonchev–Trinajstić information content (AvgIpc) is 2.64. The maximum absolute atomic E-state index is 11.7. The zero-order chi connectivity index (χ0) is 12.0. The highest BCUT2D eigenvalue weighted by molar-refractivity contribution is 8.01. The van der Waals surface area contributed by atoms with Gasteiger partial charge in [-0.15, -0.1) is 11.8 Å². The van der Waals surface area contributed by atoms with Gasteiger partial charge in [-0.1, -0.05) is 13.3 Å². The second kappa shape index (κ2) is 7.17. The van der Waals surface area contributed by atoms with E-state index in [-0.39, 0.29) is 17.3 Å². The standard InChI is InChI=1S/C12H22O3S/c1-4-6-11(12(13)14-5-2)16-10-7-8-15-9(10)3/h9-11H,4-8H2,1-3H3. The first-order valence-electron chi connectivity index (χ1n) is 6.12. The van der Waals surface area contributed by atoms with Crippen LogP contribution < -0.4 is 0 Å². The Kier molecular flexibility index (Phi) is 6.21. The van der Waals surface area contributed by atoms with Gasteiger partial charge < -0.3 is 9.47 Å². The van der Waals surface area contributed by atoms with Crippen LogP contribution >= 0.6 is 11.8 Å². The third-order valence-corrected chi connectivity index (χ3v) is 4.47. The fourth-order valence-electron chi connectivity index (χ4n) is 1.84. The number of hydrogen-bond donors (Lipinski definition) is 0. The average molecular weight is 246 g/mol. The van der Waals surface area contributed by atoms with E-state index >= 15 is 0 Å². The van der Waals surface area contributed by atoms with Crippen molar-refractivity contribution in [3.05, 3.63) is 0 Å². The smallest absolute Gasteiger partial charge is 0.319 e. The number of ether oxygens (including phenoxy) is 2. The number of hydrogen-bond acceptors (Lipinski definition) is 4. The van der Waals surface area contributed by atoms with E-state index in [0.29, 0.717) is 11.9 Å². The van der Waals surface area contributed by atoms with Gasteiger partial charge in [-0.3, -0.25) is 4.79 Å². The van der Waals surface area contributed by atoms with Crippen molar-refractivity contribution in [1.29, 1.82) is 0 Å². The van der Waals surface area contributed by atoms with Crippen molar-refractivity contribution in [1.82, 2.24) is 0 Å². The van der Waals surface area contributed by atoms with Crippen LogP contribution in [0.4, 0.5) is 0 Å². The maximum atomic E-state index is 11.7. The van der Waals surface area contributed by atoms with Crippen LogP contribution in [0.3, 0.4) is 0 Å². The molecule has 4 heteroatoms. The van der Waals surface area contributed by atoms with Crippen LogP contribution in [0, 0.1) is 0 Å². The molecule has 1 fully saturated rings. The predicted molar refractivity (Wildman–Crippen MR) is 66.7 cm³/mol. The van der Waals surface area contributed by atoms with Gasteiger partial charge in [0.1, 0.15) is 5.25 Å². The van der Waals surface area contributed by atoms with Gasteiger partial charge >= 0.3 is 5.97 Å². The molecular weight excluding hydrogens is 224 g/mol. The number of carbonyl (C=O) groups is 1. The molecule has 1 heterocycles. The third-order valence-electron chi connectivity index (χ3n) is 2.75. The Bertz CT molecular complexity index is 220. The lowest BCUT2D eigenvalue weighted by atomic mass is 10.2. The Morgan fingerprint density at radius 3 is 2.81 bits per heavy atom. The third kappa shape index (κ3) is 3.98. The topological polar surface area (TPSA) is 35.5 Å². The van der Waals surface area contributed by atoms with E-state index in [1.54, 1.807) is 11.8 Å². The molecule has 0 N–H and O–H groups in total. The van der Waals surface area contributed by atoms with Gasteiger partial charge in [-0.25, -0.2) is 0 Å². The predicted octanol–water partition coefficient (Wildman–Crippen LogP) is 2.63. The summed E-state index contributed by atoms with van der Waals surface area (Å²) in [6.45, 7) is 7.32. The molecule has 1 aliphatic rings. The van der Waals surface area contributed by atoms with Crippen LogP contribution in [-0.2, 0) is 14.3 Å². The summed E-state index contributed by atoms with van der Waals surface area (Å²) in [4.78, 5) is 11.7. The lowest BCUT2D eigenvalue weighted by molar-refractivity contribution is -0.142. The van der Waals surface area contributed by atoms with E-state index in [2.05, 4.69) is 13.8 Å². The Morgan fingerprint density at radius 2 is 2.31 bits per heavy atom. The van der Waals surface area contributed by atoms with Gasteiger partial charge in [-0.05, 0) is 26.7 Å². The summed E-state index contributed by atoms with van der Waals surface area (Å²) in [5, 5.41) is 0.431. The van der Waals surface area contributed by atoms with Crippen LogP contribution in [-0.4, -0.2) is 35.8 Å². The molecule has 1 saturated heterocycles. The van der Waals surface area contributed by atoms with Gasteiger partial charge in [0.05, 0.1) is 12.7 Å². The summed E-state index contributed by atoms with van der Waals surface area (Å²) in [7, 11) is 0. The molecule has 3 unspecified atom stereocenters. The molecule has 94 valence electrons. The normalized spacial score (nSPS) is 26.7. The number of carbonyl (C=O) groups excluding carboxylic acids is 1. The van der Waals surface area contributed by atoms with Crippen molar-refractivity contribution < 1.29 is 14.3 Å². The van der Waals surface area contributed by atoms with Gasteiger partial charge in [0.2, 0.25) is 0 Å². The summed E-state index contributed by atoms with van der Waals surface area (Å²) in [6.07, 6.45) is 3.22. The van der Waals surface area contributed by atoms with Crippen LogP contribution in [0.25, 0.3) is 0 Å². The van der Waals surface area contributed by atoms with E-state index < -0.39 is 0 Å². The highest BCUT2D eigenvalue weighted by atomic mass is 32.2. The van der Waals surface area contributed by atoms with E-state index in [9.17, 15) is 4.79 Å². The first-order valence-corrected chi connectivity index (χ1v) is 7.07. The van der Waals surface area contributed by atoms with Crippen LogP contribution in [0.2, 0.25) is 0 Å². The second-order valence-electron chi connectivity index (χ2n) is 4.07. The summed E-state index contributed by atoms with van der Waals surface area (Å²) >= 11 is 1.73. The quantitative estimate of drug-likeness (QED) is 0.675. The monoisotopic (exact) mass is 246 g/mol. The highest BCUT2D eigenvalue weighted by Crippen LogP contribution is 2.32.